The van der Waals surface area contributed by atoms with Gasteiger partial charge < -0.3 is 10.2 Å². The Bertz CT molecular complexity index is 1090. The highest BCUT2D eigenvalue weighted by Gasteiger charge is 2.30. The van der Waals surface area contributed by atoms with Gasteiger partial charge in [0.2, 0.25) is 11.8 Å². The van der Waals surface area contributed by atoms with Crippen molar-refractivity contribution < 1.29 is 9.59 Å². The summed E-state index contributed by atoms with van der Waals surface area (Å²) >= 11 is 0. The lowest BCUT2D eigenvalue weighted by atomic mass is 9.99. The van der Waals surface area contributed by atoms with Gasteiger partial charge in [-0.25, -0.2) is 0 Å². The number of likely N-dealkylation sites (N-methyl/N-ethyl adjacent to an activating group) is 1. The summed E-state index contributed by atoms with van der Waals surface area (Å²) in [6.45, 7) is 8.98. The lowest BCUT2D eigenvalue weighted by Crippen LogP contribution is -2.51. The Balaban J connectivity index is 1.97. The molecule has 3 aromatic rings. The van der Waals surface area contributed by atoms with Crippen molar-refractivity contribution in [3.8, 4) is 0 Å². The fourth-order valence-corrected chi connectivity index (χ4v) is 4.01. The molecule has 1 N–H and O–H groups in total. The maximum Gasteiger partial charge on any atom is 0.243 e. The van der Waals surface area contributed by atoms with E-state index in [2.05, 4.69) is 31.3 Å². The maximum absolute atomic E-state index is 13.7. The number of nitrogens with one attached hydrogen (secondary N) is 1. The summed E-state index contributed by atoms with van der Waals surface area (Å²) in [6, 6.07) is 23.5. The fraction of sp³-hybridized carbons (Fsp3) is 0.310. The zero-order valence-corrected chi connectivity index (χ0v) is 20.1. The summed E-state index contributed by atoms with van der Waals surface area (Å²) < 4.78 is 0. The van der Waals surface area contributed by atoms with Crippen LogP contribution in [0, 0.1) is 20.8 Å². The third kappa shape index (κ3) is 6.55. The van der Waals surface area contributed by atoms with Crippen molar-refractivity contribution in [2.24, 2.45) is 0 Å². The first-order chi connectivity index (χ1) is 15.9. The van der Waals surface area contributed by atoms with E-state index in [4.69, 9.17) is 0 Å². The van der Waals surface area contributed by atoms with Gasteiger partial charge in [-0.15, -0.1) is 0 Å². The van der Waals surface area contributed by atoms with Gasteiger partial charge in [-0.1, -0.05) is 72.8 Å². The van der Waals surface area contributed by atoms with Gasteiger partial charge in [0.05, 0.1) is 6.42 Å². The molecule has 1 atom stereocenters. The first-order valence-electron chi connectivity index (χ1n) is 11.6. The van der Waals surface area contributed by atoms with Gasteiger partial charge in [0, 0.05) is 19.5 Å². The maximum atomic E-state index is 13.7. The largest absolute Gasteiger partial charge is 0.355 e. The van der Waals surface area contributed by atoms with E-state index in [1.807, 2.05) is 74.5 Å². The van der Waals surface area contributed by atoms with E-state index in [0.29, 0.717) is 19.5 Å². The third-order valence-corrected chi connectivity index (χ3v) is 6.15. The Hall–Kier alpha value is -3.40. The second-order valence-electron chi connectivity index (χ2n) is 8.64. The average molecular weight is 443 g/mol. The molecular formula is C29H34N2O2. The molecule has 0 bridgehead atoms. The van der Waals surface area contributed by atoms with E-state index >= 15 is 0 Å². The van der Waals surface area contributed by atoms with Crippen molar-refractivity contribution in [2.45, 2.75) is 53.1 Å². The molecule has 0 spiro atoms. The molecule has 0 heterocycles. The van der Waals surface area contributed by atoms with E-state index in [0.717, 1.165) is 27.8 Å². The lowest BCUT2D eigenvalue weighted by molar-refractivity contribution is -0.140. The van der Waals surface area contributed by atoms with Gasteiger partial charge in [0.15, 0.2) is 0 Å². The van der Waals surface area contributed by atoms with Gasteiger partial charge in [0.1, 0.15) is 6.04 Å². The van der Waals surface area contributed by atoms with Crippen molar-refractivity contribution in [1.29, 1.82) is 0 Å². The molecule has 2 amide bonds. The smallest absolute Gasteiger partial charge is 0.243 e. The number of carbonyl (C=O) groups excluding carboxylic acids is 2. The number of amides is 2. The zero-order valence-electron chi connectivity index (χ0n) is 20.1. The summed E-state index contributed by atoms with van der Waals surface area (Å²) in [6.07, 6.45) is 0.731. The van der Waals surface area contributed by atoms with E-state index < -0.39 is 6.04 Å². The SMILES string of the molecule is CCNC(=O)[C@H](Cc1ccccc1)N(Cc1ccccc1C)C(=O)Cc1ccc(C)c(C)c1. The molecule has 0 radical (unpaired) electrons. The zero-order chi connectivity index (χ0) is 23.8. The van der Waals surface area contributed by atoms with Gasteiger partial charge in [-0.05, 0) is 61.1 Å². The van der Waals surface area contributed by atoms with E-state index in [1.54, 1.807) is 4.90 Å². The summed E-state index contributed by atoms with van der Waals surface area (Å²) in [4.78, 5) is 28.7. The number of benzene rings is 3. The topological polar surface area (TPSA) is 49.4 Å². The predicted octanol–water partition coefficient (Wildman–Crippen LogP) is 4.93. The molecule has 0 aliphatic carbocycles. The lowest BCUT2D eigenvalue weighted by Gasteiger charge is -2.32. The molecule has 4 heteroatoms. The van der Waals surface area contributed by atoms with Gasteiger partial charge in [0.25, 0.3) is 0 Å². The van der Waals surface area contributed by atoms with Crippen LogP contribution >= 0.6 is 0 Å². The standard InChI is InChI=1S/C29H34N2O2/c1-5-30-29(33)27(18-24-12-7-6-8-13-24)31(20-26-14-10-9-11-22(26)3)28(32)19-25-16-15-21(2)23(4)17-25/h6-17,27H,5,18-20H2,1-4H3,(H,30,33)/t27-/m0/s1. The van der Waals surface area contributed by atoms with Crippen molar-refractivity contribution in [1.82, 2.24) is 10.2 Å². The van der Waals surface area contributed by atoms with E-state index in [9.17, 15) is 9.59 Å². The van der Waals surface area contributed by atoms with Gasteiger partial charge in [-0.3, -0.25) is 9.59 Å². The molecule has 172 valence electrons. The van der Waals surface area contributed by atoms with Crippen LogP contribution in [0.5, 0.6) is 0 Å². The normalized spacial score (nSPS) is 11.6. The highest BCUT2D eigenvalue weighted by molar-refractivity contribution is 5.88. The van der Waals surface area contributed by atoms with Crippen LogP contribution in [0.4, 0.5) is 0 Å². The van der Waals surface area contributed by atoms with Gasteiger partial charge in [-0.2, -0.15) is 0 Å². The Morgan fingerprint density at radius 2 is 1.52 bits per heavy atom. The molecule has 0 unspecified atom stereocenters. The minimum Gasteiger partial charge on any atom is -0.355 e. The molecular weight excluding hydrogens is 408 g/mol. The van der Waals surface area contributed by atoms with E-state index in [-0.39, 0.29) is 18.2 Å². The second-order valence-corrected chi connectivity index (χ2v) is 8.64. The Morgan fingerprint density at radius 1 is 0.818 bits per heavy atom. The Morgan fingerprint density at radius 3 is 2.18 bits per heavy atom. The number of aryl methyl sites for hydroxylation is 3. The molecule has 33 heavy (non-hydrogen) atoms. The number of hydrogen-bond donors (Lipinski definition) is 1. The molecule has 0 aliphatic heterocycles. The van der Waals surface area contributed by atoms with Crippen molar-refractivity contribution in [2.75, 3.05) is 6.54 Å². The quantitative estimate of drug-likeness (QED) is 0.511. The number of carbonyl (C=O) groups is 2. The molecule has 0 saturated heterocycles. The van der Waals surface area contributed by atoms with Crippen molar-refractivity contribution in [3.05, 3.63) is 106 Å². The molecule has 0 fully saturated rings. The molecule has 4 nitrogen and oxygen atoms in total. The Labute approximate surface area is 197 Å². The molecule has 0 aliphatic rings. The summed E-state index contributed by atoms with van der Waals surface area (Å²) in [5.74, 6) is -0.169. The number of rotatable bonds is 9. The van der Waals surface area contributed by atoms with Crippen LogP contribution in [0.25, 0.3) is 0 Å². The molecule has 0 aromatic heterocycles. The average Bonchev–Trinajstić information content (AvgIpc) is 2.80. The summed E-state index contributed by atoms with van der Waals surface area (Å²) in [5.41, 5.74) is 6.52. The van der Waals surface area contributed by atoms with Crippen LogP contribution < -0.4 is 5.32 Å². The minimum atomic E-state index is -0.592. The molecule has 3 rings (SSSR count). The third-order valence-electron chi connectivity index (χ3n) is 6.15. The van der Waals surface area contributed by atoms with E-state index in [1.165, 1.54) is 5.56 Å². The molecule has 3 aromatic carbocycles. The number of nitrogens with zero attached hydrogens (tertiary/aromatic N) is 1. The van der Waals surface area contributed by atoms with Crippen LogP contribution in [0.1, 0.15) is 40.3 Å². The van der Waals surface area contributed by atoms with Crippen molar-refractivity contribution in [3.63, 3.8) is 0 Å². The van der Waals surface area contributed by atoms with Crippen LogP contribution in [0.15, 0.2) is 72.8 Å². The van der Waals surface area contributed by atoms with Crippen molar-refractivity contribution >= 4 is 11.8 Å². The first-order valence-corrected chi connectivity index (χ1v) is 11.6. The van der Waals surface area contributed by atoms with Crippen LogP contribution in [-0.4, -0.2) is 29.3 Å². The van der Waals surface area contributed by atoms with Crippen LogP contribution in [0.3, 0.4) is 0 Å². The predicted molar refractivity (Wildman–Crippen MR) is 134 cm³/mol. The Kier molecular flexibility index (Phi) is 8.42. The molecule has 0 saturated carbocycles. The fourth-order valence-electron chi connectivity index (χ4n) is 4.01. The van der Waals surface area contributed by atoms with Gasteiger partial charge >= 0.3 is 0 Å². The van der Waals surface area contributed by atoms with Crippen LogP contribution in [0.2, 0.25) is 0 Å². The highest BCUT2D eigenvalue weighted by atomic mass is 16.2. The second kappa shape index (κ2) is 11.5. The first kappa shape index (κ1) is 24.2. The minimum absolute atomic E-state index is 0.0475. The monoisotopic (exact) mass is 442 g/mol. The number of hydrogen-bond acceptors (Lipinski definition) is 2. The summed E-state index contributed by atoms with van der Waals surface area (Å²) in [5, 5.41) is 2.95. The van der Waals surface area contributed by atoms with Crippen LogP contribution in [-0.2, 0) is 29.0 Å². The highest BCUT2D eigenvalue weighted by Crippen LogP contribution is 2.19. The summed E-state index contributed by atoms with van der Waals surface area (Å²) in [7, 11) is 0.